The first-order chi connectivity index (χ1) is 9.28. The van der Waals surface area contributed by atoms with E-state index in [1.807, 2.05) is 24.3 Å². The average Bonchev–Trinajstić information content (AvgIpc) is 2.46. The van der Waals surface area contributed by atoms with Crippen LogP contribution in [0.5, 0.6) is 5.75 Å². The van der Waals surface area contributed by atoms with Crippen molar-refractivity contribution in [2.75, 3.05) is 12.8 Å². The van der Waals surface area contributed by atoms with Gasteiger partial charge in [-0.1, -0.05) is 24.3 Å². The molecule has 0 aliphatic rings. The number of aromatic nitrogens is 1. The maximum Gasteiger partial charge on any atom is 0.141 e. The summed E-state index contributed by atoms with van der Waals surface area (Å²) in [6.45, 7) is 0. The summed E-state index contributed by atoms with van der Waals surface area (Å²) in [5.74, 6) is 0.697. The van der Waals surface area contributed by atoms with Gasteiger partial charge in [-0.25, -0.2) is 0 Å². The SMILES string of the molecule is COc1ccc(-c2ccc3cccnc3c2)cc1N. The summed E-state index contributed by atoms with van der Waals surface area (Å²) in [4.78, 5) is 4.37. The van der Waals surface area contributed by atoms with Gasteiger partial charge in [-0.2, -0.15) is 0 Å². The van der Waals surface area contributed by atoms with Crippen molar-refractivity contribution in [1.29, 1.82) is 0 Å². The zero-order valence-electron chi connectivity index (χ0n) is 10.6. The molecule has 2 N–H and O–H groups in total. The lowest BCUT2D eigenvalue weighted by Crippen LogP contribution is -1.92. The van der Waals surface area contributed by atoms with Gasteiger partial charge in [-0.15, -0.1) is 0 Å². The van der Waals surface area contributed by atoms with Crippen LogP contribution in [-0.2, 0) is 0 Å². The number of fused-ring (bicyclic) bond motifs is 1. The van der Waals surface area contributed by atoms with E-state index in [1.165, 1.54) is 0 Å². The molecule has 2 aromatic carbocycles. The molecule has 0 saturated carbocycles. The van der Waals surface area contributed by atoms with E-state index in [9.17, 15) is 0 Å². The van der Waals surface area contributed by atoms with E-state index in [0.717, 1.165) is 22.0 Å². The summed E-state index contributed by atoms with van der Waals surface area (Å²) < 4.78 is 5.17. The van der Waals surface area contributed by atoms with Crippen molar-refractivity contribution in [2.45, 2.75) is 0 Å². The molecule has 0 unspecified atom stereocenters. The monoisotopic (exact) mass is 250 g/mol. The first kappa shape index (κ1) is 11.5. The van der Waals surface area contributed by atoms with Crippen molar-refractivity contribution in [2.24, 2.45) is 0 Å². The fourth-order valence-electron chi connectivity index (χ4n) is 2.16. The van der Waals surface area contributed by atoms with Gasteiger partial charge in [-0.3, -0.25) is 4.98 Å². The van der Waals surface area contributed by atoms with Gasteiger partial charge in [0.15, 0.2) is 0 Å². The number of pyridine rings is 1. The van der Waals surface area contributed by atoms with Gasteiger partial charge in [0, 0.05) is 11.6 Å². The fraction of sp³-hybridized carbons (Fsp3) is 0.0625. The molecule has 1 heterocycles. The summed E-state index contributed by atoms with van der Waals surface area (Å²) in [5.41, 5.74) is 9.72. The van der Waals surface area contributed by atoms with Crippen LogP contribution in [0.3, 0.4) is 0 Å². The smallest absolute Gasteiger partial charge is 0.141 e. The summed E-state index contributed by atoms with van der Waals surface area (Å²) >= 11 is 0. The van der Waals surface area contributed by atoms with Gasteiger partial charge in [0.25, 0.3) is 0 Å². The second-order valence-electron chi connectivity index (χ2n) is 4.37. The molecule has 0 fully saturated rings. The Morgan fingerprint density at radius 2 is 1.79 bits per heavy atom. The molecule has 0 atom stereocenters. The summed E-state index contributed by atoms with van der Waals surface area (Å²) in [6.07, 6.45) is 1.80. The van der Waals surface area contributed by atoms with Crippen molar-refractivity contribution in [3.8, 4) is 16.9 Å². The third-order valence-corrected chi connectivity index (χ3v) is 3.17. The van der Waals surface area contributed by atoms with Crippen LogP contribution in [0.15, 0.2) is 54.7 Å². The van der Waals surface area contributed by atoms with Gasteiger partial charge in [-0.05, 0) is 35.4 Å². The van der Waals surface area contributed by atoms with E-state index >= 15 is 0 Å². The third kappa shape index (κ3) is 2.10. The number of methoxy groups -OCH3 is 1. The van der Waals surface area contributed by atoms with Crippen molar-refractivity contribution >= 4 is 16.6 Å². The number of benzene rings is 2. The molecule has 0 radical (unpaired) electrons. The number of nitrogen functional groups attached to an aromatic ring is 1. The van der Waals surface area contributed by atoms with Crippen molar-refractivity contribution in [1.82, 2.24) is 4.98 Å². The summed E-state index contributed by atoms with van der Waals surface area (Å²) in [6, 6.07) is 16.0. The molecule has 1 aromatic heterocycles. The predicted molar refractivity (Wildman–Crippen MR) is 78.1 cm³/mol. The zero-order chi connectivity index (χ0) is 13.2. The molecule has 3 aromatic rings. The maximum absolute atomic E-state index is 5.94. The van der Waals surface area contributed by atoms with Crippen molar-refractivity contribution in [3.05, 3.63) is 54.7 Å². The molecule has 3 rings (SSSR count). The van der Waals surface area contributed by atoms with Crippen molar-refractivity contribution < 1.29 is 4.74 Å². The minimum absolute atomic E-state index is 0.640. The molecule has 0 saturated heterocycles. The van der Waals surface area contributed by atoms with Gasteiger partial charge >= 0.3 is 0 Å². The second-order valence-corrected chi connectivity index (χ2v) is 4.37. The number of nitrogens with zero attached hydrogens (tertiary/aromatic N) is 1. The summed E-state index contributed by atoms with van der Waals surface area (Å²) in [5, 5.41) is 1.13. The topological polar surface area (TPSA) is 48.1 Å². The maximum atomic E-state index is 5.94. The van der Waals surface area contributed by atoms with E-state index in [2.05, 4.69) is 29.2 Å². The molecule has 94 valence electrons. The highest BCUT2D eigenvalue weighted by atomic mass is 16.5. The molecule has 0 spiro atoms. The molecule has 19 heavy (non-hydrogen) atoms. The fourth-order valence-corrected chi connectivity index (χ4v) is 2.16. The number of rotatable bonds is 2. The molecule has 3 nitrogen and oxygen atoms in total. The number of hydrogen-bond donors (Lipinski definition) is 1. The zero-order valence-corrected chi connectivity index (χ0v) is 10.6. The number of ether oxygens (including phenoxy) is 1. The minimum Gasteiger partial charge on any atom is -0.495 e. The Hall–Kier alpha value is -2.55. The highest BCUT2D eigenvalue weighted by Gasteiger charge is 2.04. The van der Waals surface area contributed by atoms with Crippen LogP contribution in [0.25, 0.3) is 22.0 Å². The standard InChI is InChI=1S/C16H14N2O/c1-19-16-7-6-12(9-14(16)17)13-5-4-11-3-2-8-18-15(11)10-13/h2-10H,17H2,1H3. The van der Waals surface area contributed by atoms with Crippen LogP contribution in [-0.4, -0.2) is 12.1 Å². The van der Waals surface area contributed by atoms with Crippen LogP contribution >= 0.6 is 0 Å². The normalized spacial score (nSPS) is 10.6. The second kappa shape index (κ2) is 4.61. The Balaban J connectivity index is 2.11. The Kier molecular flexibility index (Phi) is 2.80. The van der Waals surface area contributed by atoms with Crippen molar-refractivity contribution in [3.63, 3.8) is 0 Å². The lowest BCUT2D eigenvalue weighted by Gasteiger charge is -2.08. The molecule has 0 aliphatic carbocycles. The first-order valence-electron chi connectivity index (χ1n) is 6.06. The molecular weight excluding hydrogens is 236 g/mol. The first-order valence-corrected chi connectivity index (χ1v) is 6.06. The Bertz CT molecular complexity index is 738. The lowest BCUT2D eigenvalue weighted by atomic mass is 10.0. The molecule has 0 aliphatic heterocycles. The van der Waals surface area contributed by atoms with Crippen LogP contribution in [0.2, 0.25) is 0 Å². The molecule has 0 amide bonds. The third-order valence-electron chi connectivity index (χ3n) is 3.17. The van der Waals surface area contributed by atoms with Crippen LogP contribution in [0.1, 0.15) is 0 Å². The predicted octanol–water partition coefficient (Wildman–Crippen LogP) is 3.49. The molecule has 0 bridgehead atoms. The van der Waals surface area contributed by atoms with E-state index in [1.54, 1.807) is 13.3 Å². The highest BCUT2D eigenvalue weighted by Crippen LogP contribution is 2.29. The van der Waals surface area contributed by atoms with E-state index in [0.29, 0.717) is 11.4 Å². The van der Waals surface area contributed by atoms with Gasteiger partial charge in [0.2, 0.25) is 0 Å². The summed E-state index contributed by atoms with van der Waals surface area (Å²) in [7, 11) is 1.62. The number of hydrogen-bond acceptors (Lipinski definition) is 3. The largest absolute Gasteiger partial charge is 0.495 e. The minimum atomic E-state index is 0.640. The lowest BCUT2D eigenvalue weighted by molar-refractivity contribution is 0.417. The average molecular weight is 250 g/mol. The Morgan fingerprint density at radius 3 is 2.58 bits per heavy atom. The molecular formula is C16H14N2O. The van der Waals surface area contributed by atoms with Crippen LogP contribution in [0.4, 0.5) is 5.69 Å². The Labute approximate surface area is 111 Å². The van der Waals surface area contributed by atoms with Crippen LogP contribution < -0.4 is 10.5 Å². The van der Waals surface area contributed by atoms with E-state index in [4.69, 9.17) is 10.5 Å². The quantitative estimate of drug-likeness (QED) is 0.708. The van der Waals surface area contributed by atoms with E-state index in [-0.39, 0.29) is 0 Å². The van der Waals surface area contributed by atoms with Gasteiger partial charge in [0.1, 0.15) is 5.75 Å². The van der Waals surface area contributed by atoms with Gasteiger partial charge < -0.3 is 10.5 Å². The van der Waals surface area contributed by atoms with Gasteiger partial charge in [0.05, 0.1) is 18.3 Å². The van der Waals surface area contributed by atoms with Crippen LogP contribution in [0, 0.1) is 0 Å². The number of nitrogens with two attached hydrogens (primary N) is 1. The van der Waals surface area contributed by atoms with E-state index < -0.39 is 0 Å². The molecule has 3 heteroatoms. The number of anilines is 1. The Morgan fingerprint density at radius 1 is 1.00 bits per heavy atom. The highest BCUT2D eigenvalue weighted by molar-refractivity contribution is 5.84.